The largest absolute Gasteiger partial charge is 0.411 e. The number of oxime groups is 1. The van der Waals surface area contributed by atoms with Crippen LogP contribution in [0, 0.1) is 11.3 Å². The van der Waals surface area contributed by atoms with Gasteiger partial charge in [0.05, 0.1) is 12.3 Å². The van der Waals surface area contributed by atoms with Gasteiger partial charge in [-0.15, -0.1) is 0 Å². The maximum Gasteiger partial charge on any atom is 0.0912 e. The predicted octanol–water partition coefficient (Wildman–Crippen LogP) is 0.526. The van der Waals surface area contributed by atoms with E-state index in [1.165, 1.54) is 12.2 Å². The van der Waals surface area contributed by atoms with Crippen molar-refractivity contribution in [2.24, 2.45) is 5.16 Å². The Balaban J connectivity index is 3.33. The number of rotatable bonds is 1. The Morgan fingerprint density at radius 1 is 1.71 bits per heavy atom. The van der Waals surface area contributed by atoms with Crippen LogP contribution >= 0.6 is 0 Å². The predicted molar refractivity (Wildman–Crippen MR) is 25.0 cm³/mol. The number of hydrogen-bond acceptors (Lipinski definition) is 3. The van der Waals surface area contributed by atoms with Crippen molar-refractivity contribution in [3.05, 3.63) is 12.2 Å². The Morgan fingerprint density at radius 2 is 2.43 bits per heavy atom. The maximum atomic E-state index is 7.81. The van der Waals surface area contributed by atoms with Crippen molar-refractivity contribution in [3.63, 3.8) is 0 Å². The van der Waals surface area contributed by atoms with E-state index in [-0.39, 0.29) is 0 Å². The van der Waals surface area contributed by atoms with Gasteiger partial charge >= 0.3 is 0 Å². The van der Waals surface area contributed by atoms with Crippen LogP contribution in [0.1, 0.15) is 0 Å². The Hall–Kier alpha value is -1.30. The van der Waals surface area contributed by atoms with Crippen LogP contribution in [0.4, 0.5) is 0 Å². The Kier molecular flexibility index (Phi) is 3.83. The lowest BCUT2D eigenvalue weighted by molar-refractivity contribution is 0.322. The highest BCUT2D eigenvalue weighted by Crippen LogP contribution is 1.60. The van der Waals surface area contributed by atoms with E-state index in [0.717, 1.165) is 6.21 Å². The summed E-state index contributed by atoms with van der Waals surface area (Å²) in [5.41, 5.74) is 0. The minimum Gasteiger partial charge on any atom is -0.411 e. The maximum absolute atomic E-state index is 7.81. The molecule has 36 valence electrons. The van der Waals surface area contributed by atoms with Gasteiger partial charge in [-0.2, -0.15) is 5.26 Å². The zero-order valence-electron chi connectivity index (χ0n) is 3.57. The Labute approximate surface area is 41.2 Å². The normalized spacial score (nSPS) is 10.1. The second kappa shape index (κ2) is 4.70. The molecule has 3 heteroatoms. The van der Waals surface area contributed by atoms with Crippen LogP contribution < -0.4 is 0 Å². The molecule has 0 aliphatic carbocycles. The Morgan fingerprint density at radius 3 is 2.86 bits per heavy atom. The lowest BCUT2D eigenvalue weighted by atomic mass is 10.6. The first-order chi connectivity index (χ1) is 3.41. The summed E-state index contributed by atoms with van der Waals surface area (Å²) in [6, 6.07) is 1.72. The number of nitriles is 1. The molecule has 0 fully saturated rings. The molecule has 0 rings (SSSR count). The first kappa shape index (κ1) is 5.70. The van der Waals surface area contributed by atoms with Crippen LogP contribution in [0.2, 0.25) is 0 Å². The first-order valence-corrected chi connectivity index (χ1v) is 1.64. The SMILES string of the molecule is N#C/C=C\C=N\O. The molecule has 0 heterocycles. The van der Waals surface area contributed by atoms with Crippen LogP contribution in [0.25, 0.3) is 0 Å². The summed E-state index contributed by atoms with van der Waals surface area (Å²) in [4.78, 5) is 0. The second-order valence-electron chi connectivity index (χ2n) is 0.753. The fourth-order valence-electron chi connectivity index (χ4n) is 0.125. The van der Waals surface area contributed by atoms with Crippen LogP contribution in [-0.4, -0.2) is 11.4 Å². The van der Waals surface area contributed by atoms with Crippen LogP contribution in [0.15, 0.2) is 17.3 Å². The molecule has 0 aromatic rings. The summed E-state index contributed by atoms with van der Waals surface area (Å²) in [5, 5.41) is 18.1. The molecule has 0 aliphatic rings. The topological polar surface area (TPSA) is 56.4 Å². The van der Waals surface area contributed by atoms with Crippen LogP contribution in [0.5, 0.6) is 0 Å². The van der Waals surface area contributed by atoms with Gasteiger partial charge in [0.2, 0.25) is 0 Å². The van der Waals surface area contributed by atoms with Crippen molar-refractivity contribution in [1.29, 1.82) is 5.26 Å². The summed E-state index contributed by atoms with van der Waals surface area (Å²) in [7, 11) is 0. The van der Waals surface area contributed by atoms with E-state index < -0.39 is 0 Å². The second-order valence-corrected chi connectivity index (χ2v) is 0.753. The molecule has 0 aromatic carbocycles. The molecule has 0 bridgehead atoms. The molecule has 0 amide bonds. The summed E-state index contributed by atoms with van der Waals surface area (Å²) < 4.78 is 0. The smallest absolute Gasteiger partial charge is 0.0912 e. The molecule has 0 aromatic heterocycles. The zero-order chi connectivity index (χ0) is 5.54. The van der Waals surface area contributed by atoms with Gasteiger partial charge < -0.3 is 5.21 Å². The number of hydrogen-bond donors (Lipinski definition) is 1. The van der Waals surface area contributed by atoms with Crippen molar-refractivity contribution < 1.29 is 5.21 Å². The van der Waals surface area contributed by atoms with Gasteiger partial charge in [0.25, 0.3) is 0 Å². The number of allylic oxidation sites excluding steroid dienone is 2. The third-order valence-corrected chi connectivity index (χ3v) is 0.323. The van der Waals surface area contributed by atoms with E-state index in [2.05, 4.69) is 5.16 Å². The highest BCUT2D eigenvalue weighted by Gasteiger charge is 1.57. The molecule has 1 N–H and O–H groups in total. The average molecular weight is 96.1 g/mol. The van der Waals surface area contributed by atoms with Gasteiger partial charge in [0.1, 0.15) is 0 Å². The third-order valence-electron chi connectivity index (χ3n) is 0.323. The van der Waals surface area contributed by atoms with E-state index >= 15 is 0 Å². The summed E-state index contributed by atoms with van der Waals surface area (Å²) in [5.74, 6) is 0. The van der Waals surface area contributed by atoms with E-state index in [9.17, 15) is 0 Å². The molecule has 0 saturated heterocycles. The minimum atomic E-state index is 1.11. The van der Waals surface area contributed by atoms with Gasteiger partial charge in [0, 0.05) is 6.08 Å². The van der Waals surface area contributed by atoms with Crippen LogP contribution in [0.3, 0.4) is 0 Å². The molecule has 7 heavy (non-hydrogen) atoms. The summed E-state index contributed by atoms with van der Waals surface area (Å²) >= 11 is 0. The molecule has 0 spiro atoms. The summed E-state index contributed by atoms with van der Waals surface area (Å²) in [6.07, 6.45) is 3.66. The van der Waals surface area contributed by atoms with Crippen LogP contribution in [-0.2, 0) is 0 Å². The standard InChI is InChI=1S/C4H4N2O/c5-3-1-2-4-6-7/h1-2,4,7H/b2-1-,6-4+. The fraction of sp³-hybridized carbons (Fsp3) is 0. The van der Waals surface area contributed by atoms with Gasteiger partial charge in [-0.1, -0.05) is 5.16 Å². The van der Waals surface area contributed by atoms with Crippen molar-refractivity contribution in [2.45, 2.75) is 0 Å². The molecule has 0 atom stereocenters. The molecule has 0 radical (unpaired) electrons. The average Bonchev–Trinajstić information content (AvgIpc) is 1.69. The highest BCUT2D eigenvalue weighted by molar-refractivity contribution is 5.70. The van der Waals surface area contributed by atoms with Crippen molar-refractivity contribution in [2.75, 3.05) is 0 Å². The van der Waals surface area contributed by atoms with E-state index in [1.807, 2.05) is 0 Å². The van der Waals surface area contributed by atoms with E-state index in [0.29, 0.717) is 0 Å². The lowest BCUT2D eigenvalue weighted by Crippen LogP contribution is -1.58. The fourth-order valence-corrected chi connectivity index (χ4v) is 0.125. The van der Waals surface area contributed by atoms with Crippen molar-refractivity contribution in [3.8, 4) is 6.07 Å². The molecular formula is C4H4N2O. The monoisotopic (exact) mass is 96.0 g/mol. The van der Waals surface area contributed by atoms with Gasteiger partial charge in [0.15, 0.2) is 0 Å². The van der Waals surface area contributed by atoms with Gasteiger partial charge in [-0.05, 0) is 6.08 Å². The molecule has 0 saturated carbocycles. The van der Waals surface area contributed by atoms with Crippen molar-refractivity contribution in [1.82, 2.24) is 0 Å². The van der Waals surface area contributed by atoms with Gasteiger partial charge in [-0.25, -0.2) is 0 Å². The quantitative estimate of drug-likeness (QED) is 0.224. The van der Waals surface area contributed by atoms with E-state index in [1.54, 1.807) is 6.07 Å². The molecule has 0 aliphatic heterocycles. The molecule has 0 unspecified atom stereocenters. The van der Waals surface area contributed by atoms with Crippen molar-refractivity contribution >= 4 is 6.21 Å². The summed E-state index contributed by atoms with van der Waals surface area (Å²) in [6.45, 7) is 0. The number of nitrogens with zero attached hydrogens (tertiary/aromatic N) is 2. The zero-order valence-corrected chi connectivity index (χ0v) is 3.57. The van der Waals surface area contributed by atoms with E-state index in [4.69, 9.17) is 10.5 Å². The molecular weight excluding hydrogens is 92.1 g/mol. The third kappa shape index (κ3) is 4.70. The minimum absolute atomic E-state index is 1.11. The lowest BCUT2D eigenvalue weighted by Gasteiger charge is -1.61. The van der Waals surface area contributed by atoms with Gasteiger partial charge in [-0.3, -0.25) is 0 Å². The Bertz CT molecular complexity index is 120. The molecule has 3 nitrogen and oxygen atoms in total. The first-order valence-electron chi connectivity index (χ1n) is 1.64. The highest BCUT2D eigenvalue weighted by atomic mass is 16.4.